The van der Waals surface area contributed by atoms with Crippen LogP contribution in [0.4, 0.5) is 0 Å². The Balaban J connectivity index is 1.92. The summed E-state index contributed by atoms with van der Waals surface area (Å²) in [5, 5.41) is 27.2. The van der Waals surface area contributed by atoms with Gasteiger partial charge >= 0.3 is 0 Å². The molecule has 1 aromatic heterocycles. The summed E-state index contributed by atoms with van der Waals surface area (Å²) in [6, 6.07) is 10.2. The first-order valence-electron chi connectivity index (χ1n) is 9.52. The van der Waals surface area contributed by atoms with Crippen molar-refractivity contribution in [3.8, 4) is 28.5 Å². The molecule has 0 fully saturated rings. The van der Waals surface area contributed by atoms with Gasteiger partial charge in [-0.15, -0.1) is 0 Å². The van der Waals surface area contributed by atoms with Gasteiger partial charge in [-0.25, -0.2) is 0 Å². The largest absolute Gasteiger partial charge is 0.507 e. The zero-order valence-electron chi connectivity index (χ0n) is 17.0. The third-order valence-corrected chi connectivity index (χ3v) is 5.34. The number of amides is 1. The van der Waals surface area contributed by atoms with Gasteiger partial charge in [-0.1, -0.05) is 17.7 Å². The van der Waals surface area contributed by atoms with E-state index in [0.717, 1.165) is 11.1 Å². The Hall–Kier alpha value is -3.52. The van der Waals surface area contributed by atoms with Crippen LogP contribution < -0.4 is 9.47 Å². The van der Waals surface area contributed by atoms with Gasteiger partial charge in [0.05, 0.1) is 26.9 Å². The molecule has 1 atom stereocenters. The van der Waals surface area contributed by atoms with Crippen LogP contribution in [-0.2, 0) is 0 Å². The number of phenolic OH excluding ortho intramolecular Hbond substituents is 1. The molecular weight excluding hydrogens is 386 g/mol. The summed E-state index contributed by atoms with van der Waals surface area (Å²) >= 11 is 0. The molecule has 4 rings (SSSR count). The van der Waals surface area contributed by atoms with Crippen LogP contribution in [0.5, 0.6) is 17.2 Å². The van der Waals surface area contributed by atoms with Crippen LogP contribution >= 0.6 is 0 Å². The first-order valence-corrected chi connectivity index (χ1v) is 9.52. The van der Waals surface area contributed by atoms with E-state index in [2.05, 4.69) is 10.2 Å². The highest BCUT2D eigenvalue weighted by atomic mass is 16.5. The Morgan fingerprint density at radius 1 is 1.13 bits per heavy atom. The van der Waals surface area contributed by atoms with Crippen LogP contribution in [0.1, 0.15) is 33.2 Å². The second-order valence-corrected chi connectivity index (χ2v) is 7.12. The molecule has 0 bridgehead atoms. The second kappa shape index (κ2) is 7.72. The van der Waals surface area contributed by atoms with E-state index in [4.69, 9.17) is 9.47 Å². The normalized spacial score (nSPS) is 15.4. The predicted octanol–water partition coefficient (Wildman–Crippen LogP) is 2.65. The van der Waals surface area contributed by atoms with Gasteiger partial charge in [-0.2, -0.15) is 5.10 Å². The van der Waals surface area contributed by atoms with Gasteiger partial charge < -0.3 is 24.6 Å². The van der Waals surface area contributed by atoms with Crippen molar-refractivity contribution in [3.63, 3.8) is 0 Å². The third kappa shape index (κ3) is 3.05. The van der Waals surface area contributed by atoms with E-state index in [9.17, 15) is 15.0 Å². The number of H-pyrrole nitrogens is 1. The number of aromatic amines is 1. The van der Waals surface area contributed by atoms with E-state index in [-0.39, 0.29) is 24.8 Å². The summed E-state index contributed by atoms with van der Waals surface area (Å²) in [6.07, 6.45) is 0. The molecule has 1 aliphatic rings. The number of methoxy groups -OCH3 is 2. The molecular formula is C22H23N3O5. The number of aromatic hydroxyl groups is 1. The van der Waals surface area contributed by atoms with E-state index in [0.29, 0.717) is 34.0 Å². The molecule has 8 nitrogen and oxygen atoms in total. The number of phenols is 1. The first-order chi connectivity index (χ1) is 14.5. The van der Waals surface area contributed by atoms with Crippen LogP contribution in [0.2, 0.25) is 0 Å². The SMILES string of the molecule is COc1ccc([C@@H]2c3c(-c4cc(C)ccc4O)n[nH]c3C(=O)N2CCO)cc1OC. The van der Waals surface area contributed by atoms with Gasteiger partial charge in [0.25, 0.3) is 5.91 Å². The standard InChI is InChI=1S/C22H23N3O5/c1-12-4-6-15(27)14(10-12)19-18-20(24-23-19)22(28)25(8-9-26)21(18)13-5-7-16(29-2)17(11-13)30-3/h4-7,10-11,21,26-27H,8-9H2,1-3H3,(H,23,24)/t21-/m1/s1. The number of carbonyl (C=O) groups is 1. The highest BCUT2D eigenvalue weighted by Crippen LogP contribution is 2.45. The Morgan fingerprint density at radius 3 is 2.60 bits per heavy atom. The number of aryl methyl sites for hydroxylation is 1. The van der Waals surface area contributed by atoms with Crippen molar-refractivity contribution < 1.29 is 24.5 Å². The van der Waals surface area contributed by atoms with Crippen molar-refractivity contribution in [2.45, 2.75) is 13.0 Å². The molecule has 0 saturated carbocycles. The molecule has 156 valence electrons. The molecule has 0 saturated heterocycles. The molecule has 0 aliphatic carbocycles. The van der Waals surface area contributed by atoms with Crippen LogP contribution in [0.3, 0.4) is 0 Å². The average molecular weight is 409 g/mol. The lowest BCUT2D eigenvalue weighted by molar-refractivity contribution is 0.0706. The molecule has 0 unspecified atom stereocenters. The predicted molar refractivity (Wildman–Crippen MR) is 110 cm³/mol. The zero-order chi connectivity index (χ0) is 21.4. The molecule has 1 aliphatic heterocycles. The highest BCUT2D eigenvalue weighted by Gasteiger charge is 2.42. The van der Waals surface area contributed by atoms with Crippen molar-refractivity contribution in [1.29, 1.82) is 0 Å². The number of hydrogen-bond donors (Lipinski definition) is 3. The number of aliphatic hydroxyl groups excluding tert-OH is 1. The lowest BCUT2D eigenvalue weighted by Crippen LogP contribution is -2.32. The summed E-state index contributed by atoms with van der Waals surface area (Å²) in [6.45, 7) is 1.89. The minimum atomic E-state index is -0.506. The summed E-state index contributed by atoms with van der Waals surface area (Å²) < 4.78 is 10.8. The van der Waals surface area contributed by atoms with Crippen molar-refractivity contribution >= 4 is 5.91 Å². The van der Waals surface area contributed by atoms with Crippen LogP contribution in [0.25, 0.3) is 11.3 Å². The van der Waals surface area contributed by atoms with Gasteiger partial charge in [0, 0.05) is 17.7 Å². The molecule has 2 aromatic carbocycles. The highest BCUT2D eigenvalue weighted by molar-refractivity contribution is 6.00. The number of aliphatic hydroxyl groups is 1. The zero-order valence-corrected chi connectivity index (χ0v) is 17.0. The number of hydrogen-bond acceptors (Lipinski definition) is 6. The minimum Gasteiger partial charge on any atom is -0.507 e. The monoisotopic (exact) mass is 409 g/mol. The summed E-state index contributed by atoms with van der Waals surface area (Å²) in [7, 11) is 3.11. The Labute approximate surface area is 173 Å². The van der Waals surface area contributed by atoms with E-state index < -0.39 is 6.04 Å². The lowest BCUT2D eigenvalue weighted by atomic mass is 9.95. The number of nitrogens with one attached hydrogen (secondary N) is 1. The van der Waals surface area contributed by atoms with Gasteiger partial charge in [0.2, 0.25) is 0 Å². The number of β-amino-alcohol motifs (C(OH)–C–C–N with tert-alkyl or cyclic N) is 1. The van der Waals surface area contributed by atoms with E-state index >= 15 is 0 Å². The Morgan fingerprint density at radius 2 is 1.90 bits per heavy atom. The fourth-order valence-corrected chi connectivity index (χ4v) is 3.95. The fraction of sp³-hybridized carbons (Fsp3) is 0.273. The summed E-state index contributed by atoms with van der Waals surface area (Å²) in [5.41, 5.74) is 3.78. The number of rotatable bonds is 6. The lowest BCUT2D eigenvalue weighted by Gasteiger charge is -2.26. The smallest absolute Gasteiger partial charge is 0.273 e. The maximum absolute atomic E-state index is 13.1. The summed E-state index contributed by atoms with van der Waals surface area (Å²) in [4.78, 5) is 14.7. The number of nitrogens with zero attached hydrogens (tertiary/aromatic N) is 2. The second-order valence-electron chi connectivity index (χ2n) is 7.12. The number of fused-ring (bicyclic) bond motifs is 1. The van der Waals surface area contributed by atoms with Gasteiger partial charge in [0.15, 0.2) is 11.5 Å². The average Bonchev–Trinajstić information content (AvgIpc) is 3.29. The molecule has 2 heterocycles. The van der Waals surface area contributed by atoms with Gasteiger partial charge in [-0.05, 0) is 36.8 Å². The Kier molecular flexibility index (Phi) is 5.09. The minimum absolute atomic E-state index is 0.0778. The molecule has 8 heteroatoms. The van der Waals surface area contributed by atoms with Crippen molar-refractivity contribution in [1.82, 2.24) is 15.1 Å². The number of ether oxygens (including phenoxy) is 2. The molecule has 1 amide bonds. The van der Waals surface area contributed by atoms with Crippen molar-refractivity contribution in [2.75, 3.05) is 27.4 Å². The number of aromatic nitrogens is 2. The Bertz CT molecular complexity index is 1110. The molecule has 0 spiro atoms. The van der Waals surface area contributed by atoms with Crippen LogP contribution in [0.15, 0.2) is 36.4 Å². The van der Waals surface area contributed by atoms with Gasteiger partial charge in [-0.3, -0.25) is 9.89 Å². The van der Waals surface area contributed by atoms with Crippen molar-refractivity contribution in [3.05, 3.63) is 58.8 Å². The van der Waals surface area contributed by atoms with E-state index in [1.807, 2.05) is 25.1 Å². The number of benzene rings is 2. The van der Waals surface area contributed by atoms with Gasteiger partial charge in [0.1, 0.15) is 17.1 Å². The van der Waals surface area contributed by atoms with Crippen LogP contribution in [-0.4, -0.2) is 58.6 Å². The van der Waals surface area contributed by atoms with Crippen LogP contribution in [0, 0.1) is 6.92 Å². The van der Waals surface area contributed by atoms with Crippen molar-refractivity contribution in [2.24, 2.45) is 0 Å². The molecule has 3 aromatic rings. The van der Waals surface area contributed by atoms with E-state index in [1.165, 1.54) is 0 Å². The molecule has 30 heavy (non-hydrogen) atoms. The molecule has 0 radical (unpaired) electrons. The molecule has 3 N–H and O–H groups in total. The topological polar surface area (TPSA) is 108 Å². The summed E-state index contributed by atoms with van der Waals surface area (Å²) in [5.74, 6) is 0.922. The number of carbonyl (C=O) groups excluding carboxylic acids is 1. The quantitative estimate of drug-likeness (QED) is 0.578. The third-order valence-electron chi connectivity index (χ3n) is 5.34. The maximum Gasteiger partial charge on any atom is 0.273 e. The maximum atomic E-state index is 13.1. The van der Waals surface area contributed by atoms with E-state index in [1.54, 1.807) is 37.3 Å². The fourth-order valence-electron chi connectivity index (χ4n) is 3.95. The first kappa shape index (κ1) is 19.8.